The molecule has 0 bridgehead atoms. The summed E-state index contributed by atoms with van der Waals surface area (Å²) >= 11 is 12.6. The summed E-state index contributed by atoms with van der Waals surface area (Å²) in [5, 5.41) is 0. The molecule has 3 saturated heterocycles. The third kappa shape index (κ3) is 15.4. The molecule has 6 rings (SSSR count). The molecule has 3 saturated carbocycles. The summed E-state index contributed by atoms with van der Waals surface area (Å²) in [4.78, 5) is 52.5. The van der Waals surface area contributed by atoms with Gasteiger partial charge in [0.15, 0.2) is 0 Å². The third-order valence-electron chi connectivity index (χ3n) is 9.83. The standard InChI is InChI=1S/C13H19NO5S2.C11H17NO3S2.C10H14F3NO3/c1-17-11(15)8-21-13(20)19-10-6-9(7-10)12(16)14-2-4-18-5-3-14;1-17-11(16)15-9-6-8(7-9)10(13)12-2-4-14-5-3-12;11-10(12,13)17-8-5-7(6-8)9(15)14-1-3-16-4-2-14/h9-10H,2-8H2,1H3;8-9H,2-7H2,1H3;7-8H,1-6H2. The van der Waals surface area contributed by atoms with Gasteiger partial charge >= 0.3 is 12.3 Å². The highest BCUT2D eigenvalue weighted by Crippen LogP contribution is 2.36. The Bertz CT molecular complexity index is 1300. The topological polar surface area (TPSA) is 143 Å². The van der Waals surface area contributed by atoms with Crippen LogP contribution in [0.3, 0.4) is 0 Å². The summed E-state index contributed by atoms with van der Waals surface area (Å²) < 4.78 is 71.5. The van der Waals surface area contributed by atoms with Crippen LogP contribution in [-0.2, 0) is 52.3 Å². The zero-order valence-electron chi connectivity index (χ0n) is 31.0. The van der Waals surface area contributed by atoms with Crippen LogP contribution in [0, 0.1) is 17.8 Å². The molecule has 55 heavy (non-hydrogen) atoms. The molecular weight excluding hydrogens is 812 g/mol. The molecule has 21 heteroatoms. The molecule has 14 nitrogen and oxygen atoms in total. The number of ether oxygens (including phenoxy) is 7. The summed E-state index contributed by atoms with van der Waals surface area (Å²) in [6.07, 6.45) is -0.120. The van der Waals surface area contributed by atoms with Crippen LogP contribution < -0.4 is 0 Å². The number of nitrogens with zero attached hydrogens (tertiary/aromatic N) is 3. The van der Waals surface area contributed by atoms with E-state index >= 15 is 0 Å². The van der Waals surface area contributed by atoms with Crippen LogP contribution in [0.15, 0.2) is 0 Å². The van der Waals surface area contributed by atoms with Crippen molar-refractivity contribution in [3.8, 4) is 0 Å². The van der Waals surface area contributed by atoms with Gasteiger partial charge in [0.1, 0.15) is 12.2 Å². The van der Waals surface area contributed by atoms with E-state index in [2.05, 4.69) is 9.47 Å². The van der Waals surface area contributed by atoms with E-state index in [1.807, 2.05) is 16.1 Å². The Balaban J connectivity index is 0.000000185. The molecule has 0 radical (unpaired) electrons. The smallest absolute Gasteiger partial charge is 0.475 e. The number of halogens is 3. The molecule has 0 atom stereocenters. The Morgan fingerprint density at radius 2 is 0.982 bits per heavy atom. The van der Waals surface area contributed by atoms with Crippen LogP contribution in [0.1, 0.15) is 38.5 Å². The van der Waals surface area contributed by atoms with Crippen molar-refractivity contribution in [3.05, 3.63) is 0 Å². The van der Waals surface area contributed by atoms with Gasteiger partial charge in [-0.2, -0.15) is 0 Å². The average molecular weight is 862 g/mol. The van der Waals surface area contributed by atoms with Crippen LogP contribution in [-0.4, -0.2) is 170 Å². The Kier molecular flexibility index (Phi) is 18.9. The summed E-state index contributed by atoms with van der Waals surface area (Å²) in [6, 6.07) is 0. The SMILES string of the molecule is COC(=O)CSC(=S)OC1CC(C(=O)N2CCOCC2)C1.CSC(=S)OC1CC(C(=O)N2CCOCC2)C1.O=C(C1CC(OC(F)(F)F)C1)N1CCOCC1. The van der Waals surface area contributed by atoms with E-state index in [1.54, 1.807) is 4.90 Å². The highest BCUT2D eigenvalue weighted by atomic mass is 32.2. The number of amides is 3. The summed E-state index contributed by atoms with van der Waals surface area (Å²) in [7, 11) is 1.33. The Morgan fingerprint density at radius 1 is 0.636 bits per heavy atom. The first kappa shape index (κ1) is 45.7. The predicted molar refractivity (Wildman–Crippen MR) is 204 cm³/mol. The fraction of sp³-hybridized carbons (Fsp3) is 0.824. The van der Waals surface area contributed by atoms with Crippen LogP contribution in [0.25, 0.3) is 0 Å². The summed E-state index contributed by atoms with van der Waals surface area (Å²) in [5.74, 6) is 0.0209. The first-order chi connectivity index (χ1) is 26.3. The normalized spacial score (nSPS) is 27.5. The van der Waals surface area contributed by atoms with Crippen molar-refractivity contribution >= 4 is 80.4 Å². The molecule has 6 fully saturated rings. The minimum absolute atomic E-state index is 0.0161. The van der Waals surface area contributed by atoms with Crippen LogP contribution in [0.4, 0.5) is 13.2 Å². The van der Waals surface area contributed by atoms with Crippen molar-refractivity contribution in [3.63, 3.8) is 0 Å². The van der Waals surface area contributed by atoms with E-state index in [0.717, 1.165) is 37.7 Å². The number of hydrogen-bond donors (Lipinski definition) is 0. The number of esters is 1. The molecular formula is C34H50F3N3O11S4. The Hall–Kier alpha value is -2.01. The van der Waals surface area contributed by atoms with E-state index in [0.29, 0.717) is 87.4 Å². The Labute approximate surface area is 338 Å². The highest BCUT2D eigenvalue weighted by Gasteiger charge is 2.44. The van der Waals surface area contributed by atoms with Crippen LogP contribution >= 0.6 is 48.0 Å². The number of methoxy groups -OCH3 is 1. The van der Waals surface area contributed by atoms with Crippen LogP contribution in [0.2, 0.25) is 0 Å². The minimum Gasteiger partial charge on any atom is -0.475 e. The maximum absolute atomic E-state index is 12.2. The molecule has 0 unspecified atom stereocenters. The molecule has 0 N–H and O–H groups in total. The summed E-state index contributed by atoms with van der Waals surface area (Å²) in [6.45, 7) is 7.42. The fourth-order valence-electron chi connectivity index (χ4n) is 6.44. The zero-order chi connectivity index (χ0) is 40.0. The maximum Gasteiger partial charge on any atom is 0.522 e. The number of alkyl halides is 3. The number of thiocarbonyl (C=S) groups is 2. The first-order valence-corrected chi connectivity index (χ1v) is 21.3. The van der Waals surface area contributed by atoms with Gasteiger partial charge < -0.3 is 43.1 Å². The second-order valence-corrected chi connectivity index (χ2v) is 16.5. The Morgan fingerprint density at radius 3 is 1.31 bits per heavy atom. The van der Waals surface area contributed by atoms with Gasteiger partial charge in [-0.05, 0) is 69.2 Å². The van der Waals surface area contributed by atoms with Crippen molar-refractivity contribution in [1.29, 1.82) is 0 Å². The zero-order valence-corrected chi connectivity index (χ0v) is 34.3. The highest BCUT2D eigenvalue weighted by molar-refractivity contribution is 8.23. The predicted octanol–water partition coefficient (Wildman–Crippen LogP) is 3.28. The average Bonchev–Trinajstić information content (AvgIpc) is 3.14. The van der Waals surface area contributed by atoms with Gasteiger partial charge in [0, 0.05) is 57.0 Å². The molecule has 3 aliphatic heterocycles. The van der Waals surface area contributed by atoms with Crippen molar-refractivity contribution in [1.82, 2.24) is 14.7 Å². The minimum atomic E-state index is -4.60. The number of morpholine rings is 3. The number of rotatable bonds is 8. The van der Waals surface area contributed by atoms with Crippen LogP contribution in [0.5, 0.6) is 0 Å². The van der Waals surface area contributed by atoms with Gasteiger partial charge in [0.25, 0.3) is 0 Å². The number of thioether (sulfide) groups is 2. The van der Waals surface area contributed by atoms with Crippen molar-refractivity contribution in [2.24, 2.45) is 17.8 Å². The van der Waals surface area contributed by atoms with Gasteiger partial charge in [0.2, 0.25) is 26.5 Å². The van der Waals surface area contributed by atoms with Gasteiger partial charge in [-0.3, -0.25) is 23.9 Å². The number of hydrogen-bond acceptors (Lipinski definition) is 15. The molecule has 6 aliphatic rings. The molecule has 3 amide bonds. The maximum atomic E-state index is 12.2. The number of carbonyl (C=O) groups excluding carboxylic acids is 4. The van der Waals surface area contributed by atoms with Crippen molar-refractivity contribution < 1.29 is 65.5 Å². The lowest BCUT2D eigenvalue weighted by Crippen LogP contribution is -2.49. The van der Waals surface area contributed by atoms with Gasteiger partial charge in [-0.15, -0.1) is 13.2 Å². The molecule has 0 aromatic rings. The largest absolute Gasteiger partial charge is 0.522 e. The third-order valence-corrected chi connectivity index (χ3v) is 12.0. The molecule has 3 aliphatic carbocycles. The van der Waals surface area contributed by atoms with E-state index in [9.17, 15) is 32.3 Å². The molecule has 0 aromatic carbocycles. The second-order valence-electron chi connectivity index (χ2n) is 13.6. The quantitative estimate of drug-likeness (QED) is 0.260. The van der Waals surface area contributed by atoms with Gasteiger partial charge in [0.05, 0.1) is 58.6 Å². The second kappa shape index (κ2) is 22.8. The first-order valence-electron chi connectivity index (χ1n) is 18.2. The molecule has 0 aromatic heterocycles. The van der Waals surface area contributed by atoms with Crippen molar-refractivity contribution in [2.45, 2.75) is 63.2 Å². The monoisotopic (exact) mass is 861 g/mol. The molecule has 3 heterocycles. The lowest BCUT2D eigenvalue weighted by atomic mass is 9.81. The van der Waals surface area contributed by atoms with Gasteiger partial charge in [-0.1, -0.05) is 23.5 Å². The van der Waals surface area contributed by atoms with Crippen molar-refractivity contribution in [2.75, 3.05) is 98.0 Å². The van der Waals surface area contributed by atoms with E-state index in [1.165, 1.54) is 18.9 Å². The molecule has 312 valence electrons. The fourth-order valence-corrected chi connectivity index (χ4v) is 7.68. The lowest BCUT2D eigenvalue weighted by molar-refractivity contribution is -0.353. The van der Waals surface area contributed by atoms with Gasteiger partial charge in [-0.25, -0.2) is 0 Å². The van der Waals surface area contributed by atoms with E-state index in [4.69, 9.17) is 48.1 Å². The van der Waals surface area contributed by atoms with E-state index in [-0.39, 0.29) is 72.2 Å². The van der Waals surface area contributed by atoms with E-state index < -0.39 is 12.5 Å². The molecule has 0 spiro atoms. The number of carbonyl (C=O) groups is 4. The summed E-state index contributed by atoms with van der Waals surface area (Å²) in [5.41, 5.74) is 0. The lowest BCUT2D eigenvalue weighted by Gasteiger charge is -2.38.